The molecule has 0 aliphatic rings. The van der Waals surface area contributed by atoms with E-state index in [1.54, 1.807) is 6.07 Å². The second kappa shape index (κ2) is 6.27. The number of hydrogen-bond acceptors (Lipinski definition) is 2. The fraction of sp³-hybridized carbons (Fsp3) is 0.571. The molecule has 0 aliphatic heterocycles. The molecule has 1 aromatic carbocycles. The lowest BCUT2D eigenvalue weighted by molar-refractivity contribution is 0.165. The average Bonchev–Trinajstić information content (AvgIpc) is 2.29. The van der Waals surface area contributed by atoms with E-state index in [4.69, 9.17) is 16.3 Å². The Hall–Kier alpha value is -0.730. The van der Waals surface area contributed by atoms with E-state index in [2.05, 4.69) is 13.8 Å². The maximum absolute atomic E-state index is 9.95. The number of ether oxygens (including phenoxy) is 1. The van der Waals surface area contributed by atoms with E-state index in [-0.39, 0.29) is 0 Å². The van der Waals surface area contributed by atoms with Crippen molar-refractivity contribution in [2.75, 3.05) is 6.61 Å². The molecule has 0 aliphatic carbocycles. The largest absolute Gasteiger partial charge is 0.493 e. The maximum atomic E-state index is 9.95. The molecule has 0 spiro atoms. The fourth-order valence-corrected chi connectivity index (χ4v) is 1.70. The highest BCUT2D eigenvalue weighted by molar-refractivity contribution is 6.31. The summed E-state index contributed by atoms with van der Waals surface area (Å²) in [4.78, 5) is 0. The van der Waals surface area contributed by atoms with Crippen LogP contribution in [0.3, 0.4) is 0 Å². The summed E-state index contributed by atoms with van der Waals surface area (Å²) in [5, 5.41) is 10.6. The van der Waals surface area contributed by atoms with Crippen molar-refractivity contribution in [3.63, 3.8) is 0 Å². The van der Waals surface area contributed by atoms with Gasteiger partial charge in [-0.3, -0.25) is 0 Å². The third-order valence-electron chi connectivity index (χ3n) is 2.61. The Labute approximate surface area is 109 Å². The lowest BCUT2D eigenvalue weighted by Gasteiger charge is -2.17. The van der Waals surface area contributed by atoms with Gasteiger partial charge in [0.2, 0.25) is 0 Å². The number of halogens is 1. The van der Waals surface area contributed by atoms with Gasteiger partial charge in [-0.2, -0.15) is 0 Å². The molecule has 1 unspecified atom stereocenters. The van der Waals surface area contributed by atoms with E-state index in [0.29, 0.717) is 24.0 Å². The van der Waals surface area contributed by atoms with Gasteiger partial charge in [-0.05, 0) is 37.0 Å². The van der Waals surface area contributed by atoms with Crippen LogP contribution in [-0.4, -0.2) is 11.7 Å². The number of aliphatic hydroxyl groups excluding tert-OH is 1. The summed E-state index contributed by atoms with van der Waals surface area (Å²) in [5.41, 5.74) is 1.75. The van der Waals surface area contributed by atoms with Gasteiger partial charge >= 0.3 is 0 Å². The first-order valence-corrected chi connectivity index (χ1v) is 6.44. The summed E-state index contributed by atoms with van der Waals surface area (Å²) >= 11 is 6.08. The molecular formula is C14H21ClO2. The van der Waals surface area contributed by atoms with Crippen LogP contribution in [-0.2, 0) is 0 Å². The first-order chi connectivity index (χ1) is 7.95. The highest BCUT2D eigenvalue weighted by atomic mass is 35.5. The molecule has 17 heavy (non-hydrogen) atoms. The summed E-state index contributed by atoms with van der Waals surface area (Å²) < 4.78 is 5.74. The maximum Gasteiger partial charge on any atom is 0.125 e. The van der Waals surface area contributed by atoms with Crippen LogP contribution in [0.25, 0.3) is 0 Å². The van der Waals surface area contributed by atoms with Gasteiger partial charge in [-0.25, -0.2) is 0 Å². The topological polar surface area (TPSA) is 29.5 Å². The minimum absolute atomic E-state index is 0.456. The molecule has 1 atom stereocenters. The van der Waals surface area contributed by atoms with Crippen LogP contribution in [0.4, 0.5) is 0 Å². The van der Waals surface area contributed by atoms with Gasteiger partial charge in [0.05, 0.1) is 12.7 Å². The smallest absolute Gasteiger partial charge is 0.125 e. The molecule has 0 aromatic heterocycles. The van der Waals surface area contributed by atoms with E-state index in [1.807, 2.05) is 19.9 Å². The predicted molar refractivity (Wildman–Crippen MR) is 71.8 cm³/mol. The van der Waals surface area contributed by atoms with E-state index >= 15 is 0 Å². The van der Waals surface area contributed by atoms with E-state index in [1.165, 1.54) is 0 Å². The minimum atomic E-state index is -0.518. The Morgan fingerprint density at radius 3 is 2.53 bits per heavy atom. The standard InChI is InChI=1S/C14H21ClO2/c1-5-13(16)11-7-12(15)10(4)6-14(11)17-8-9(2)3/h6-7,9,13,16H,5,8H2,1-4H3. The van der Waals surface area contributed by atoms with Gasteiger partial charge in [-0.15, -0.1) is 0 Å². The van der Waals surface area contributed by atoms with Crippen LogP contribution in [0, 0.1) is 12.8 Å². The molecule has 0 heterocycles. The van der Waals surface area contributed by atoms with Gasteiger partial charge < -0.3 is 9.84 Å². The Kier molecular flexibility index (Phi) is 5.29. The third-order valence-corrected chi connectivity index (χ3v) is 3.02. The summed E-state index contributed by atoms with van der Waals surface area (Å²) in [6.07, 6.45) is 0.132. The van der Waals surface area contributed by atoms with Crippen LogP contribution in [0.1, 0.15) is 44.4 Å². The van der Waals surface area contributed by atoms with E-state index in [0.717, 1.165) is 16.9 Å². The van der Waals surface area contributed by atoms with Crippen molar-refractivity contribution < 1.29 is 9.84 Å². The van der Waals surface area contributed by atoms with E-state index < -0.39 is 6.10 Å². The van der Waals surface area contributed by atoms with Crippen molar-refractivity contribution >= 4 is 11.6 Å². The number of hydrogen-bond donors (Lipinski definition) is 1. The number of aryl methyl sites for hydroxylation is 1. The van der Waals surface area contributed by atoms with Gasteiger partial charge in [-0.1, -0.05) is 32.4 Å². The average molecular weight is 257 g/mol. The first kappa shape index (κ1) is 14.3. The molecule has 0 saturated carbocycles. The van der Waals surface area contributed by atoms with Crippen molar-refractivity contribution in [1.82, 2.24) is 0 Å². The quantitative estimate of drug-likeness (QED) is 0.859. The molecule has 1 rings (SSSR count). The zero-order valence-corrected chi connectivity index (χ0v) is 11.7. The van der Waals surface area contributed by atoms with Crippen LogP contribution in [0.2, 0.25) is 5.02 Å². The Morgan fingerprint density at radius 2 is 2.00 bits per heavy atom. The van der Waals surface area contributed by atoms with Crippen molar-refractivity contribution in [1.29, 1.82) is 0 Å². The number of aliphatic hydroxyl groups is 1. The summed E-state index contributed by atoms with van der Waals surface area (Å²) in [7, 11) is 0. The highest BCUT2D eigenvalue weighted by Gasteiger charge is 2.14. The second-order valence-electron chi connectivity index (χ2n) is 4.77. The third kappa shape index (κ3) is 3.90. The summed E-state index contributed by atoms with van der Waals surface area (Å²) in [5.74, 6) is 1.20. The fourth-order valence-electron chi connectivity index (χ4n) is 1.53. The molecule has 96 valence electrons. The molecule has 1 N–H and O–H groups in total. The highest BCUT2D eigenvalue weighted by Crippen LogP contribution is 2.32. The lowest BCUT2D eigenvalue weighted by Crippen LogP contribution is -2.08. The monoisotopic (exact) mass is 256 g/mol. The summed E-state index contributed by atoms with van der Waals surface area (Å²) in [6, 6.07) is 3.71. The number of benzene rings is 1. The normalized spacial score (nSPS) is 12.9. The molecular weight excluding hydrogens is 236 g/mol. The van der Waals surface area contributed by atoms with Crippen LogP contribution in [0.15, 0.2) is 12.1 Å². The van der Waals surface area contributed by atoms with Gasteiger partial charge in [0.1, 0.15) is 5.75 Å². The molecule has 0 saturated heterocycles. The van der Waals surface area contributed by atoms with Gasteiger partial charge in [0.15, 0.2) is 0 Å². The Morgan fingerprint density at radius 1 is 1.35 bits per heavy atom. The minimum Gasteiger partial charge on any atom is -0.493 e. The SMILES string of the molecule is CCC(O)c1cc(Cl)c(C)cc1OCC(C)C. The van der Waals surface area contributed by atoms with Gasteiger partial charge in [0, 0.05) is 10.6 Å². The molecule has 0 amide bonds. The Bertz CT molecular complexity index is 375. The van der Waals surface area contributed by atoms with Crippen LogP contribution < -0.4 is 4.74 Å². The zero-order valence-electron chi connectivity index (χ0n) is 11.0. The molecule has 0 bridgehead atoms. The zero-order chi connectivity index (χ0) is 13.0. The molecule has 1 aromatic rings. The lowest BCUT2D eigenvalue weighted by atomic mass is 10.0. The van der Waals surface area contributed by atoms with E-state index in [9.17, 15) is 5.11 Å². The van der Waals surface area contributed by atoms with Crippen LogP contribution >= 0.6 is 11.6 Å². The van der Waals surface area contributed by atoms with Gasteiger partial charge in [0.25, 0.3) is 0 Å². The summed E-state index contributed by atoms with van der Waals surface area (Å²) in [6.45, 7) is 8.71. The number of rotatable bonds is 5. The van der Waals surface area contributed by atoms with Crippen molar-refractivity contribution in [2.45, 2.75) is 40.2 Å². The predicted octanol–water partition coefficient (Wildman–Crippen LogP) is 4.13. The van der Waals surface area contributed by atoms with Crippen molar-refractivity contribution in [2.24, 2.45) is 5.92 Å². The van der Waals surface area contributed by atoms with Crippen LogP contribution in [0.5, 0.6) is 5.75 Å². The first-order valence-electron chi connectivity index (χ1n) is 6.06. The Balaban J connectivity index is 3.03. The van der Waals surface area contributed by atoms with Crippen molar-refractivity contribution in [3.8, 4) is 5.75 Å². The molecule has 0 radical (unpaired) electrons. The van der Waals surface area contributed by atoms with Crippen molar-refractivity contribution in [3.05, 3.63) is 28.3 Å². The molecule has 2 nitrogen and oxygen atoms in total. The molecule has 3 heteroatoms. The second-order valence-corrected chi connectivity index (χ2v) is 5.18. The molecule has 0 fully saturated rings.